The summed E-state index contributed by atoms with van der Waals surface area (Å²) in [5.74, 6) is 0. The summed E-state index contributed by atoms with van der Waals surface area (Å²) in [5.41, 5.74) is 8.21. The van der Waals surface area contributed by atoms with Gasteiger partial charge in [0.2, 0.25) is 0 Å². The lowest BCUT2D eigenvalue weighted by Gasteiger charge is -2.23. The average Bonchev–Trinajstić information content (AvgIpc) is 2.40. The molecule has 0 aliphatic heterocycles. The van der Waals surface area contributed by atoms with E-state index in [1.807, 2.05) is 41.3 Å². The molecule has 2 rings (SSSR count). The minimum atomic E-state index is 0.433. The zero-order valence-electron chi connectivity index (χ0n) is 10.1. The number of benzene rings is 2. The molecule has 0 atom stereocenters. The summed E-state index contributed by atoms with van der Waals surface area (Å²) in [4.78, 5) is 2.00. The maximum atomic E-state index is 5.79. The first kappa shape index (κ1) is 12.6. The summed E-state index contributed by atoms with van der Waals surface area (Å²) in [5, 5.41) is 0.433. The van der Waals surface area contributed by atoms with E-state index >= 15 is 0 Å². The molecular formula is C15H16N2S. The third kappa shape index (κ3) is 3.57. The molecule has 0 saturated heterocycles. The largest absolute Gasteiger partial charge is 0.376 e. The van der Waals surface area contributed by atoms with E-state index in [0.29, 0.717) is 5.11 Å². The van der Waals surface area contributed by atoms with Crippen LogP contribution in [0.25, 0.3) is 0 Å². The highest BCUT2D eigenvalue weighted by molar-refractivity contribution is 7.80. The third-order valence-electron chi connectivity index (χ3n) is 2.74. The summed E-state index contributed by atoms with van der Waals surface area (Å²) < 4.78 is 0. The van der Waals surface area contributed by atoms with Gasteiger partial charge in [-0.15, -0.1) is 0 Å². The van der Waals surface area contributed by atoms with Gasteiger partial charge in [0.25, 0.3) is 0 Å². The predicted molar refractivity (Wildman–Crippen MR) is 78.9 cm³/mol. The normalized spacial score (nSPS) is 10.0. The molecule has 0 aliphatic rings. The number of hydrogen-bond acceptors (Lipinski definition) is 1. The summed E-state index contributed by atoms with van der Waals surface area (Å²) in [6.07, 6.45) is 0. The van der Waals surface area contributed by atoms with E-state index in [1.54, 1.807) is 0 Å². The monoisotopic (exact) mass is 256 g/mol. The van der Waals surface area contributed by atoms with Gasteiger partial charge in [0.1, 0.15) is 0 Å². The van der Waals surface area contributed by atoms with Gasteiger partial charge in [-0.05, 0) is 23.3 Å². The molecular weight excluding hydrogens is 240 g/mol. The number of nitrogens with two attached hydrogens (primary N) is 1. The second kappa shape index (κ2) is 6.17. The second-order valence-electron chi connectivity index (χ2n) is 4.17. The van der Waals surface area contributed by atoms with Crippen molar-refractivity contribution in [2.75, 3.05) is 0 Å². The molecule has 2 N–H and O–H groups in total. The first-order valence-electron chi connectivity index (χ1n) is 5.88. The highest BCUT2D eigenvalue weighted by atomic mass is 32.1. The van der Waals surface area contributed by atoms with E-state index < -0.39 is 0 Å². The van der Waals surface area contributed by atoms with E-state index in [2.05, 4.69) is 24.3 Å². The van der Waals surface area contributed by atoms with Gasteiger partial charge in [0.05, 0.1) is 0 Å². The molecule has 18 heavy (non-hydrogen) atoms. The second-order valence-corrected chi connectivity index (χ2v) is 4.58. The number of thiocarbonyl (C=S) groups is 1. The highest BCUT2D eigenvalue weighted by Gasteiger charge is 2.07. The van der Waals surface area contributed by atoms with Crippen molar-refractivity contribution >= 4 is 17.3 Å². The molecule has 0 spiro atoms. The number of rotatable bonds is 4. The Morgan fingerprint density at radius 1 is 0.833 bits per heavy atom. The van der Waals surface area contributed by atoms with E-state index in [4.69, 9.17) is 18.0 Å². The zero-order chi connectivity index (χ0) is 12.8. The smallest absolute Gasteiger partial charge is 0.166 e. The number of nitrogens with zero attached hydrogens (tertiary/aromatic N) is 1. The van der Waals surface area contributed by atoms with Crippen LogP contribution in [0.1, 0.15) is 11.1 Å². The lowest BCUT2D eigenvalue weighted by molar-refractivity contribution is 0.409. The highest BCUT2D eigenvalue weighted by Crippen LogP contribution is 2.09. The Kier molecular flexibility index (Phi) is 4.31. The van der Waals surface area contributed by atoms with E-state index in [1.165, 1.54) is 11.1 Å². The quantitative estimate of drug-likeness (QED) is 0.853. The summed E-state index contributed by atoms with van der Waals surface area (Å²) >= 11 is 5.12. The van der Waals surface area contributed by atoms with Crippen LogP contribution in [-0.4, -0.2) is 10.0 Å². The Morgan fingerprint density at radius 2 is 1.22 bits per heavy atom. The molecule has 92 valence electrons. The summed E-state index contributed by atoms with van der Waals surface area (Å²) in [6, 6.07) is 20.4. The van der Waals surface area contributed by atoms with Crippen molar-refractivity contribution in [3.8, 4) is 0 Å². The van der Waals surface area contributed by atoms with Gasteiger partial charge in [-0.1, -0.05) is 60.7 Å². The van der Waals surface area contributed by atoms with Gasteiger partial charge in [-0.25, -0.2) is 0 Å². The fourth-order valence-corrected chi connectivity index (χ4v) is 1.95. The lowest BCUT2D eigenvalue weighted by atomic mass is 10.2. The minimum absolute atomic E-state index is 0.433. The molecule has 0 radical (unpaired) electrons. The topological polar surface area (TPSA) is 29.3 Å². The molecule has 0 heterocycles. The molecule has 2 aromatic carbocycles. The van der Waals surface area contributed by atoms with Gasteiger partial charge in [0, 0.05) is 13.1 Å². The van der Waals surface area contributed by atoms with Crippen LogP contribution in [0.5, 0.6) is 0 Å². The molecule has 0 amide bonds. The van der Waals surface area contributed by atoms with Crippen molar-refractivity contribution in [2.24, 2.45) is 5.73 Å². The van der Waals surface area contributed by atoms with Crippen molar-refractivity contribution < 1.29 is 0 Å². The minimum Gasteiger partial charge on any atom is -0.376 e. The van der Waals surface area contributed by atoms with Gasteiger partial charge in [-0.3, -0.25) is 0 Å². The zero-order valence-corrected chi connectivity index (χ0v) is 10.9. The van der Waals surface area contributed by atoms with Gasteiger partial charge < -0.3 is 10.6 Å². The van der Waals surface area contributed by atoms with Crippen LogP contribution in [-0.2, 0) is 13.1 Å². The van der Waals surface area contributed by atoms with Crippen LogP contribution >= 0.6 is 12.2 Å². The van der Waals surface area contributed by atoms with Crippen LogP contribution in [0.4, 0.5) is 0 Å². The molecule has 0 unspecified atom stereocenters. The third-order valence-corrected chi connectivity index (χ3v) is 3.00. The molecule has 0 fully saturated rings. The molecule has 2 aromatic rings. The molecule has 3 heteroatoms. The average molecular weight is 256 g/mol. The SMILES string of the molecule is NC(=S)N(Cc1ccccc1)Cc1ccccc1. The summed E-state index contributed by atoms with van der Waals surface area (Å²) in [7, 11) is 0. The molecule has 0 aromatic heterocycles. The van der Waals surface area contributed by atoms with E-state index in [-0.39, 0.29) is 0 Å². The van der Waals surface area contributed by atoms with Gasteiger partial charge in [-0.2, -0.15) is 0 Å². The predicted octanol–water partition coefficient (Wildman–Crippen LogP) is 2.93. The Balaban J connectivity index is 2.08. The Labute approximate surface area is 113 Å². The Bertz CT molecular complexity index is 455. The van der Waals surface area contributed by atoms with Crippen LogP contribution in [0.15, 0.2) is 60.7 Å². The lowest BCUT2D eigenvalue weighted by Crippen LogP contribution is -2.34. The maximum Gasteiger partial charge on any atom is 0.166 e. The Hall–Kier alpha value is -1.87. The van der Waals surface area contributed by atoms with E-state index in [0.717, 1.165) is 13.1 Å². The van der Waals surface area contributed by atoms with Gasteiger partial charge >= 0.3 is 0 Å². The molecule has 0 aliphatic carbocycles. The van der Waals surface area contributed by atoms with Crippen molar-refractivity contribution in [3.05, 3.63) is 71.8 Å². The van der Waals surface area contributed by atoms with Crippen LogP contribution in [0.3, 0.4) is 0 Å². The standard InChI is InChI=1S/C15H16N2S/c16-15(18)17(11-13-7-3-1-4-8-13)12-14-9-5-2-6-10-14/h1-10H,11-12H2,(H2,16,18). The first-order valence-corrected chi connectivity index (χ1v) is 6.29. The molecule has 2 nitrogen and oxygen atoms in total. The molecule has 0 saturated carbocycles. The summed E-state index contributed by atoms with van der Waals surface area (Å²) in [6.45, 7) is 1.48. The van der Waals surface area contributed by atoms with Crippen LogP contribution < -0.4 is 5.73 Å². The van der Waals surface area contributed by atoms with Crippen molar-refractivity contribution in [1.82, 2.24) is 4.90 Å². The fourth-order valence-electron chi connectivity index (χ4n) is 1.82. The van der Waals surface area contributed by atoms with Crippen molar-refractivity contribution in [1.29, 1.82) is 0 Å². The van der Waals surface area contributed by atoms with E-state index in [9.17, 15) is 0 Å². The van der Waals surface area contributed by atoms with Crippen molar-refractivity contribution in [3.63, 3.8) is 0 Å². The molecule has 0 bridgehead atoms. The number of hydrogen-bond donors (Lipinski definition) is 1. The van der Waals surface area contributed by atoms with Crippen molar-refractivity contribution in [2.45, 2.75) is 13.1 Å². The van der Waals surface area contributed by atoms with Crippen LogP contribution in [0.2, 0.25) is 0 Å². The van der Waals surface area contributed by atoms with Crippen LogP contribution in [0, 0.1) is 0 Å². The fraction of sp³-hybridized carbons (Fsp3) is 0.133. The van der Waals surface area contributed by atoms with Gasteiger partial charge in [0.15, 0.2) is 5.11 Å². The first-order chi connectivity index (χ1) is 8.75. The Morgan fingerprint density at radius 3 is 1.56 bits per heavy atom. The maximum absolute atomic E-state index is 5.79.